The van der Waals surface area contributed by atoms with E-state index in [9.17, 15) is 0 Å². The summed E-state index contributed by atoms with van der Waals surface area (Å²) in [6.45, 7) is 9.10. The zero-order valence-corrected chi connectivity index (χ0v) is 12.5. The first kappa shape index (κ1) is 15.8. The van der Waals surface area contributed by atoms with Crippen molar-refractivity contribution in [3.8, 4) is 5.75 Å². The van der Waals surface area contributed by atoms with Crippen LogP contribution < -0.4 is 15.8 Å². The van der Waals surface area contributed by atoms with Crippen LogP contribution in [-0.4, -0.2) is 23.7 Å². The van der Waals surface area contributed by atoms with E-state index in [0.29, 0.717) is 5.92 Å². The average Bonchev–Trinajstić information content (AvgIpc) is 2.38. The van der Waals surface area contributed by atoms with Crippen LogP contribution in [0, 0.1) is 5.92 Å². The molecule has 0 aliphatic heterocycles. The highest BCUT2D eigenvalue weighted by molar-refractivity contribution is 5.49. The lowest BCUT2D eigenvalue weighted by atomic mass is 9.95. The molecule has 0 aliphatic rings. The number of nitrogens with one attached hydrogen (secondary N) is 1. The number of hydrogen-bond acceptors (Lipinski definition) is 4. The quantitative estimate of drug-likeness (QED) is 0.758. The van der Waals surface area contributed by atoms with Crippen molar-refractivity contribution in [2.45, 2.75) is 52.7 Å². The summed E-state index contributed by atoms with van der Waals surface area (Å²) in [4.78, 5) is 4.32. The third-order valence-electron chi connectivity index (χ3n) is 3.29. The molecule has 0 aliphatic carbocycles. The molecule has 0 saturated carbocycles. The van der Waals surface area contributed by atoms with E-state index in [4.69, 9.17) is 10.5 Å². The molecule has 1 unspecified atom stereocenters. The minimum absolute atomic E-state index is 0.137. The number of aromatic nitrogens is 1. The van der Waals surface area contributed by atoms with Gasteiger partial charge in [-0.25, -0.2) is 4.98 Å². The minimum atomic E-state index is 0.137. The topological polar surface area (TPSA) is 60.2 Å². The number of ether oxygens (including phenoxy) is 1. The van der Waals surface area contributed by atoms with Crippen LogP contribution in [0.5, 0.6) is 5.75 Å². The smallest absolute Gasteiger partial charge is 0.168 e. The van der Waals surface area contributed by atoms with Gasteiger partial charge in [-0.3, -0.25) is 0 Å². The van der Waals surface area contributed by atoms with Crippen LogP contribution in [0.2, 0.25) is 0 Å². The molecule has 108 valence electrons. The van der Waals surface area contributed by atoms with Gasteiger partial charge in [-0.2, -0.15) is 0 Å². The normalized spacial score (nSPS) is 12.8. The Balaban J connectivity index is 2.62. The SMILES string of the molecule is CCC(CC)C(N)CNc1ncccc1OC(C)C. The molecule has 0 aromatic carbocycles. The first-order chi connectivity index (χ1) is 9.08. The molecule has 1 heterocycles. The first-order valence-corrected chi connectivity index (χ1v) is 7.19. The highest BCUT2D eigenvalue weighted by atomic mass is 16.5. The van der Waals surface area contributed by atoms with Gasteiger partial charge in [0.15, 0.2) is 11.6 Å². The van der Waals surface area contributed by atoms with E-state index in [2.05, 4.69) is 24.1 Å². The number of rotatable bonds is 8. The monoisotopic (exact) mass is 265 g/mol. The van der Waals surface area contributed by atoms with Gasteiger partial charge in [0.2, 0.25) is 0 Å². The van der Waals surface area contributed by atoms with Gasteiger partial charge in [-0.1, -0.05) is 26.7 Å². The molecule has 1 rings (SSSR count). The largest absolute Gasteiger partial charge is 0.487 e. The molecule has 1 aromatic rings. The highest BCUT2D eigenvalue weighted by Crippen LogP contribution is 2.22. The van der Waals surface area contributed by atoms with Crippen molar-refractivity contribution in [1.82, 2.24) is 4.98 Å². The third-order valence-corrected chi connectivity index (χ3v) is 3.29. The number of hydrogen-bond donors (Lipinski definition) is 2. The predicted molar refractivity (Wildman–Crippen MR) is 80.5 cm³/mol. The van der Waals surface area contributed by atoms with Crippen molar-refractivity contribution in [2.75, 3.05) is 11.9 Å². The van der Waals surface area contributed by atoms with Crippen LogP contribution in [0.25, 0.3) is 0 Å². The Bertz CT molecular complexity index is 364. The van der Waals surface area contributed by atoms with Crippen LogP contribution in [0.3, 0.4) is 0 Å². The van der Waals surface area contributed by atoms with Gasteiger partial charge in [-0.15, -0.1) is 0 Å². The minimum Gasteiger partial charge on any atom is -0.487 e. The molecule has 0 fully saturated rings. The van der Waals surface area contributed by atoms with E-state index in [1.165, 1.54) is 0 Å². The molecule has 0 saturated heterocycles. The van der Waals surface area contributed by atoms with Crippen molar-refractivity contribution in [3.05, 3.63) is 18.3 Å². The summed E-state index contributed by atoms with van der Waals surface area (Å²) in [5.74, 6) is 2.11. The number of nitrogens with zero attached hydrogens (tertiary/aromatic N) is 1. The fraction of sp³-hybridized carbons (Fsp3) is 0.667. The van der Waals surface area contributed by atoms with Gasteiger partial charge >= 0.3 is 0 Å². The maximum atomic E-state index is 6.21. The Morgan fingerprint density at radius 3 is 2.58 bits per heavy atom. The van der Waals surface area contributed by atoms with Crippen molar-refractivity contribution >= 4 is 5.82 Å². The number of anilines is 1. The van der Waals surface area contributed by atoms with E-state index in [1.807, 2.05) is 26.0 Å². The van der Waals surface area contributed by atoms with Gasteiger partial charge in [0.1, 0.15) is 0 Å². The van der Waals surface area contributed by atoms with E-state index in [0.717, 1.165) is 31.0 Å². The van der Waals surface area contributed by atoms with Gasteiger partial charge < -0.3 is 15.8 Å². The predicted octanol–water partition coefficient (Wildman–Crippen LogP) is 3.04. The molecule has 19 heavy (non-hydrogen) atoms. The second-order valence-electron chi connectivity index (χ2n) is 5.14. The summed E-state index contributed by atoms with van der Waals surface area (Å²) >= 11 is 0. The van der Waals surface area contributed by atoms with E-state index < -0.39 is 0 Å². The molecule has 0 amide bonds. The Morgan fingerprint density at radius 2 is 2.00 bits per heavy atom. The van der Waals surface area contributed by atoms with E-state index >= 15 is 0 Å². The van der Waals surface area contributed by atoms with Crippen LogP contribution >= 0.6 is 0 Å². The molecule has 3 N–H and O–H groups in total. The Labute approximate surface area is 116 Å². The van der Waals surface area contributed by atoms with Crippen LogP contribution in [0.1, 0.15) is 40.5 Å². The average molecular weight is 265 g/mol. The molecule has 4 nitrogen and oxygen atoms in total. The zero-order valence-electron chi connectivity index (χ0n) is 12.5. The fourth-order valence-corrected chi connectivity index (χ4v) is 2.15. The van der Waals surface area contributed by atoms with Crippen molar-refractivity contribution in [2.24, 2.45) is 11.7 Å². The Hall–Kier alpha value is -1.29. The first-order valence-electron chi connectivity index (χ1n) is 7.19. The third kappa shape index (κ3) is 5.07. The lowest BCUT2D eigenvalue weighted by molar-refractivity contribution is 0.243. The van der Waals surface area contributed by atoms with Gasteiger partial charge in [0.25, 0.3) is 0 Å². The van der Waals surface area contributed by atoms with Crippen molar-refractivity contribution in [3.63, 3.8) is 0 Å². The molecule has 1 aromatic heterocycles. The van der Waals surface area contributed by atoms with E-state index in [-0.39, 0.29) is 12.1 Å². The standard InChI is InChI=1S/C15H27N3O/c1-5-12(6-2)13(16)10-18-15-14(19-11(3)4)8-7-9-17-15/h7-9,11-13H,5-6,10,16H2,1-4H3,(H,17,18). The van der Waals surface area contributed by atoms with E-state index in [1.54, 1.807) is 6.20 Å². The maximum absolute atomic E-state index is 6.21. The van der Waals surface area contributed by atoms with Crippen molar-refractivity contribution < 1.29 is 4.74 Å². The molecular weight excluding hydrogens is 238 g/mol. The summed E-state index contributed by atoms with van der Waals surface area (Å²) < 4.78 is 5.72. The summed E-state index contributed by atoms with van der Waals surface area (Å²) in [5.41, 5.74) is 6.21. The molecule has 4 heteroatoms. The second kappa shape index (κ2) is 8.00. The highest BCUT2D eigenvalue weighted by Gasteiger charge is 2.15. The molecular formula is C15H27N3O. The van der Waals surface area contributed by atoms with Crippen LogP contribution in [-0.2, 0) is 0 Å². The molecule has 0 bridgehead atoms. The zero-order chi connectivity index (χ0) is 14.3. The lowest BCUT2D eigenvalue weighted by Crippen LogP contribution is -2.36. The lowest BCUT2D eigenvalue weighted by Gasteiger charge is -2.22. The summed E-state index contributed by atoms with van der Waals surface area (Å²) in [7, 11) is 0. The number of pyridine rings is 1. The summed E-state index contributed by atoms with van der Waals surface area (Å²) in [5, 5.41) is 3.31. The summed E-state index contributed by atoms with van der Waals surface area (Å²) in [6, 6.07) is 3.95. The fourth-order valence-electron chi connectivity index (χ4n) is 2.15. The van der Waals surface area contributed by atoms with Gasteiger partial charge in [-0.05, 0) is 31.9 Å². The van der Waals surface area contributed by atoms with Crippen LogP contribution in [0.4, 0.5) is 5.82 Å². The number of nitrogens with two attached hydrogens (primary N) is 1. The van der Waals surface area contributed by atoms with Gasteiger partial charge in [0.05, 0.1) is 6.10 Å². The maximum Gasteiger partial charge on any atom is 0.168 e. The van der Waals surface area contributed by atoms with Gasteiger partial charge in [0, 0.05) is 18.8 Å². The Kier molecular flexibility index (Phi) is 6.64. The summed E-state index contributed by atoms with van der Waals surface area (Å²) in [6.07, 6.45) is 4.11. The van der Waals surface area contributed by atoms with Crippen molar-refractivity contribution in [1.29, 1.82) is 0 Å². The molecule has 0 radical (unpaired) electrons. The second-order valence-corrected chi connectivity index (χ2v) is 5.14. The van der Waals surface area contributed by atoms with Crippen LogP contribution in [0.15, 0.2) is 18.3 Å². The Morgan fingerprint density at radius 1 is 1.32 bits per heavy atom. The molecule has 1 atom stereocenters. The molecule has 0 spiro atoms.